The predicted octanol–water partition coefficient (Wildman–Crippen LogP) is 3.09. The maximum Gasteiger partial charge on any atom is 0.138 e. The maximum atomic E-state index is 9.51. The molecule has 1 rings (SSSR count). The van der Waals surface area contributed by atoms with Crippen LogP contribution in [0.25, 0.3) is 0 Å². The number of nitrogens with zero attached hydrogens (tertiary/aromatic N) is 2. The van der Waals surface area contributed by atoms with Gasteiger partial charge >= 0.3 is 0 Å². The minimum Gasteiger partial charge on any atom is -0.393 e. The Balaban J connectivity index is 3.14. The Hall–Kier alpha value is -1.36. The number of aliphatic hydroxyl groups excluding tert-OH is 1. The molecule has 0 saturated heterocycles. The monoisotopic (exact) mass is 294 g/mol. The summed E-state index contributed by atoms with van der Waals surface area (Å²) in [6.45, 7) is 15.1. The molecule has 0 aliphatic heterocycles. The van der Waals surface area contributed by atoms with Gasteiger partial charge in [-0.25, -0.2) is 9.97 Å². The second kappa shape index (κ2) is 7.07. The molecule has 2 unspecified atom stereocenters. The SMILES string of the molecule is CCNc1nc(C(C)(C)C)nc(NC(C)CC(C)O)c1C. The third-order valence-corrected chi connectivity index (χ3v) is 3.24. The van der Waals surface area contributed by atoms with Gasteiger partial charge in [0.05, 0.1) is 6.10 Å². The van der Waals surface area contributed by atoms with Crippen LogP contribution in [0.4, 0.5) is 11.6 Å². The molecule has 0 bridgehead atoms. The predicted molar refractivity (Wildman–Crippen MR) is 89.0 cm³/mol. The molecule has 1 heterocycles. The van der Waals surface area contributed by atoms with Crippen LogP contribution < -0.4 is 10.6 Å². The van der Waals surface area contributed by atoms with Crippen LogP contribution in [0, 0.1) is 6.92 Å². The van der Waals surface area contributed by atoms with Crippen molar-refractivity contribution in [2.24, 2.45) is 0 Å². The van der Waals surface area contributed by atoms with Gasteiger partial charge in [0.15, 0.2) is 0 Å². The Kier molecular flexibility index (Phi) is 5.96. The first-order chi connectivity index (χ1) is 9.65. The van der Waals surface area contributed by atoms with Crippen molar-refractivity contribution in [2.45, 2.75) is 72.4 Å². The first-order valence-corrected chi connectivity index (χ1v) is 7.72. The van der Waals surface area contributed by atoms with E-state index >= 15 is 0 Å². The van der Waals surface area contributed by atoms with Gasteiger partial charge in [-0.1, -0.05) is 20.8 Å². The molecule has 0 aliphatic carbocycles. The summed E-state index contributed by atoms with van der Waals surface area (Å²) in [5, 5.41) is 16.2. The van der Waals surface area contributed by atoms with E-state index < -0.39 is 0 Å². The lowest BCUT2D eigenvalue weighted by Crippen LogP contribution is -2.25. The van der Waals surface area contributed by atoms with E-state index in [0.29, 0.717) is 6.42 Å². The fourth-order valence-corrected chi connectivity index (χ4v) is 2.14. The lowest BCUT2D eigenvalue weighted by molar-refractivity contribution is 0.179. The van der Waals surface area contributed by atoms with E-state index in [4.69, 9.17) is 0 Å². The molecule has 0 radical (unpaired) electrons. The summed E-state index contributed by atoms with van der Waals surface area (Å²) < 4.78 is 0. The van der Waals surface area contributed by atoms with Gasteiger partial charge in [0.2, 0.25) is 0 Å². The Morgan fingerprint density at radius 1 is 1.14 bits per heavy atom. The van der Waals surface area contributed by atoms with Gasteiger partial charge in [0.25, 0.3) is 0 Å². The quantitative estimate of drug-likeness (QED) is 0.752. The van der Waals surface area contributed by atoms with Crippen LogP contribution in [0.3, 0.4) is 0 Å². The molecule has 5 nitrogen and oxygen atoms in total. The molecule has 0 saturated carbocycles. The standard InChI is InChI=1S/C16H30N4O/c1-8-17-13-12(4)14(18-10(2)9-11(3)21)20-15(19-13)16(5,6)7/h10-11,21H,8-9H2,1-7H3,(H2,17,18,19,20). The molecule has 0 spiro atoms. The van der Waals surface area contributed by atoms with E-state index in [-0.39, 0.29) is 17.6 Å². The summed E-state index contributed by atoms with van der Waals surface area (Å²) in [7, 11) is 0. The third-order valence-electron chi connectivity index (χ3n) is 3.24. The summed E-state index contributed by atoms with van der Waals surface area (Å²) in [5.41, 5.74) is 0.907. The lowest BCUT2D eigenvalue weighted by Gasteiger charge is -2.23. The Labute approximate surface area is 128 Å². The highest BCUT2D eigenvalue weighted by Crippen LogP contribution is 2.26. The molecule has 1 aromatic rings. The van der Waals surface area contributed by atoms with E-state index in [9.17, 15) is 5.11 Å². The Bertz CT molecular complexity index is 466. The summed E-state index contributed by atoms with van der Waals surface area (Å²) in [4.78, 5) is 9.34. The Morgan fingerprint density at radius 3 is 2.19 bits per heavy atom. The highest BCUT2D eigenvalue weighted by Gasteiger charge is 2.21. The van der Waals surface area contributed by atoms with Gasteiger partial charge in [-0.3, -0.25) is 0 Å². The molecule has 2 atom stereocenters. The second-order valence-electron chi connectivity index (χ2n) is 6.78. The highest BCUT2D eigenvalue weighted by molar-refractivity contribution is 5.58. The Morgan fingerprint density at radius 2 is 1.71 bits per heavy atom. The van der Waals surface area contributed by atoms with Crippen LogP contribution in [0.2, 0.25) is 0 Å². The highest BCUT2D eigenvalue weighted by atomic mass is 16.3. The van der Waals surface area contributed by atoms with Crippen molar-refractivity contribution in [3.8, 4) is 0 Å². The number of aliphatic hydroxyl groups is 1. The van der Waals surface area contributed by atoms with Crippen LogP contribution >= 0.6 is 0 Å². The molecule has 21 heavy (non-hydrogen) atoms. The van der Waals surface area contributed by atoms with Gasteiger partial charge < -0.3 is 15.7 Å². The molecular formula is C16H30N4O. The van der Waals surface area contributed by atoms with Gasteiger partial charge in [-0.15, -0.1) is 0 Å². The molecule has 0 aliphatic rings. The largest absolute Gasteiger partial charge is 0.393 e. The first kappa shape index (κ1) is 17.7. The molecule has 3 N–H and O–H groups in total. The van der Waals surface area contributed by atoms with Crippen LogP contribution in [0.5, 0.6) is 0 Å². The van der Waals surface area contributed by atoms with E-state index in [0.717, 1.165) is 29.6 Å². The van der Waals surface area contributed by atoms with Crippen molar-refractivity contribution < 1.29 is 5.11 Å². The van der Waals surface area contributed by atoms with Crippen LogP contribution in [0.15, 0.2) is 0 Å². The van der Waals surface area contributed by atoms with Crippen molar-refractivity contribution in [3.63, 3.8) is 0 Å². The van der Waals surface area contributed by atoms with Crippen molar-refractivity contribution in [2.75, 3.05) is 17.2 Å². The minimum absolute atomic E-state index is 0.109. The van der Waals surface area contributed by atoms with E-state index in [1.165, 1.54) is 0 Å². The zero-order chi connectivity index (χ0) is 16.2. The lowest BCUT2D eigenvalue weighted by atomic mass is 9.95. The van der Waals surface area contributed by atoms with E-state index in [1.807, 2.05) is 6.92 Å². The van der Waals surface area contributed by atoms with Crippen molar-refractivity contribution >= 4 is 11.6 Å². The topological polar surface area (TPSA) is 70.1 Å². The third kappa shape index (κ3) is 5.16. The van der Waals surface area contributed by atoms with Crippen LogP contribution in [-0.2, 0) is 5.41 Å². The molecule has 120 valence electrons. The van der Waals surface area contributed by atoms with Crippen molar-refractivity contribution in [1.29, 1.82) is 0 Å². The first-order valence-electron chi connectivity index (χ1n) is 7.72. The summed E-state index contributed by atoms with van der Waals surface area (Å²) in [6.07, 6.45) is 0.357. The van der Waals surface area contributed by atoms with Gasteiger partial charge in [-0.2, -0.15) is 0 Å². The van der Waals surface area contributed by atoms with Crippen LogP contribution in [0.1, 0.15) is 59.4 Å². The normalized spacial score (nSPS) is 14.7. The molecule has 0 aromatic carbocycles. The van der Waals surface area contributed by atoms with Gasteiger partial charge in [-0.05, 0) is 34.1 Å². The number of aromatic nitrogens is 2. The van der Waals surface area contributed by atoms with Crippen molar-refractivity contribution in [3.05, 3.63) is 11.4 Å². The van der Waals surface area contributed by atoms with Crippen molar-refractivity contribution in [1.82, 2.24) is 9.97 Å². The molecule has 1 aromatic heterocycles. The number of hydrogen-bond acceptors (Lipinski definition) is 5. The average Bonchev–Trinajstić information content (AvgIpc) is 2.31. The number of anilines is 2. The zero-order valence-electron chi connectivity index (χ0n) is 14.4. The van der Waals surface area contributed by atoms with Gasteiger partial charge in [0.1, 0.15) is 17.5 Å². The smallest absolute Gasteiger partial charge is 0.138 e. The van der Waals surface area contributed by atoms with Crippen LogP contribution in [-0.4, -0.2) is 33.8 Å². The fraction of sp³-hybridized carbons (Fsp3) is 0.750. The minimum atomic E-state index is -0.329. The fourth-order valence-electron chi connectivity index (χ4n) is 2.14. The number of nitrogens with one attached hydrogen (secondary N) is 2. The van der Waals surface area contributed by atoms with E-state index in [1.54, 1.807) is 6.92 Å². The molecular weight excluding hydrogens is 264 g/mol. The number of hydrogen-bond donors (Lipinski definition) is 3. The summed E-state index contributed by atoms with van der Waals surface area (Å²) >= 11 is 0. The molecule has 5 heteroatoms. The molecule has 0 fully saturated rings. The van der Waals surface area contributed by atoms with Gasteiger partial charge in [0, 0.05) is 23.6 Å². The average molecular weight is 294 g/mol. The maximum absolute atomic E-state index is 9.51. The summed E-state index contributed by atoms with van der Waals surface area (Å²) in [6, 6.07) is 0.154. The van der Waals surface area contributed by atoms with E-state index in [2.05, 4.69) is 55.2 Å². The second-order valence-corrected chi connectivity index (χ2v) is 6.78. The summed E-state index contributed by atoms with van der Waals surface area (Å²) in [5.74, 6) is 2.54. The molecule has 0 amide bonds. The number of rotatable bonds is 6. The zero-order valence-corrected chi connectivity index (χ0v) is 14.4.